The molecule has 0 radical (unpaired) electrons. The molecule has 0 bridgehead atoms. The third-order valence-electron chi connectivity index (χ3n) is 5.14. The Bertz CT molecular complexity index is 585. The summed E-state index contributed by atoms with van der Waals surface area (Å²) in [6.07, 6.45) is 5.84. The number of carbonyl (C=O) groups excluding carboxylic acids is 2. The third-order valence-corrected chi connectivity index (χ3v) is 5.14. The smallest absolute Gasteiger partial charge is 0.274 e. The van der Waals surface area contributed by atoms with E-state index in [1.165, 1.54) is 12.8 Å². The first-order valence-electron chi connectivity index (χ1n) is 8.36. The number of likely N-dealkylation sites (tertiary alicyclic amines) is 2. The second kappa shape index (κ2) is 5.41. The van der Waals surface area contributed by atoms with E-state index in [1.54, 1.807) is 0 Å². The van der Waals surface area contributed by atoms with Crippen LogP contribution in [-0.2, 0) is 4.79 Å². The van der Waals surface area contributed by atoms with Gasteiger partial charge in [0, 0.05) is 43.7 Å². The summed E-state index contributed by atoms with van der Waals surface area (Å²) >= 11 is 0. The standard InChI is InChI=1S/C16H22N4O2/c21-15-2-1-7-20(15)12-5-8-19(9-6-12)16(22)14-10-13(17-18-14)11-3-4-11/h10-12H,1-9H2,(H,17,18). The fraction of sp³-hybridized carbons (Fsp3) is 0.688. The van der Waals surface area contributed by atoms with Gasteiger partial charge < -0.3 is 9.80 Å². The third kappa shape index (κ3) is 2.51. The van der Waals surface area contributed by atoms with Crippen LogP contribution in [-0.4, -0.2) is 57.5 Å². The van der Waals surface area contributed by atoms with Crippen LogP contribution in [0.1, 0.15) is 60.6 Å². The molecule has 1 N–H and O–H groups in total. The first-order chi connectivity index (χ1) is 10.7. The Morgan fingerprint density at radius 3 is 2.59 bits per heavy atom. The predicted octanol–water partition coefficient (Wildman–Crippen LogP) is 1.51. The van der Waals surface area contributed by atoms with Gasteiger partial charge in [0.25, 0.3) is 5.91 Å². The highest BCUT2D eigenvalue weighted by atomic mass is 16.2. The summed E-state index contributed by atoms with van der Waals surface area (Å²) in [6, 6.07) is 2.23. The quantitative estimate of drug-likeness (QED) is 0.920. The van der Waals surface area contributed by atoms with E-state index >= 15 is 0 Å². The van der Waals surface area contributed by atoms with Gasteiger partial charge in [0.1, 0.15) is 5.69 Å². The van der Waals surface area contributed by atoms with Gasteiger partial charge in [-0.15, -0.1) is 0 Å². The number of aromatic amines is 1. The lowest BCUT2D eigenvalue weighted by Crippen LogP contribution is -2.47. The minimum absolute atomic E-state index is 0.0225. The van der Waals surface area contributed by atoms with Gasteiger partial charge in [0.05, 0.1) is 0 Å². The minimum atomic E-state index is 0.0225. The van der Waals surface area contributed by atoms with Crippen LogP contribution in [0.15, 0.2) is 6.07 Å². The summed E-state index contributed by atoms with van der Waals surface area (Å²) in [5.41, 5.74) is 1.64. The van der Waals surface area contributed by atoms with Gasteiger partial charge >= 0.3 is 0 Å². The zero-order valence-corrected chi connectivity index (χ0v) is 12.8. The van der Waals surface area contributed by atoms with Crippen LogP contribution in [0.3, 0.4) is 0 Å². The van der Waals surface area contributed by atoms with Crippen molar-refractivity contribution in [3.63, 3.8) is 0 Å². The Morgan fingerprint density at radius 1 is 1.18 bits per heavy atom. The summed E-state index contributed by atoms with van der Waals surface area (Å²) < 4.78 is 0. The molecule has 22 heavy (non-hydrogen) atoms. The molecular formula is C16H22N4O2. The molecule has 2 saturated heterocycles. The van der Waals surface area contributed by atoms with Crippen molar-refractivity contribution >= 4 is 11.8 Å². The van der Waals surface area contributed by atoms with Crippen molar-refractivity contribution in [1.82, 2.24) is 20.0 Å². The fourth-order valence-corrected chi connectivity index (χ4v) is 3.65. The van der Waals surface area contributed by atoms with Crippen molar-refractivity contribution in [3.8, 4) is 0 Å². The number of H-pyrrole nitrogens is 1. The van der Waals surface area contributed by atoms with Crippen LogP contribution < -0.4 is 0 Å². The van der Waals surface area contributed by atoms with Crippen molar-refractivity contribution in [2.75, 3.05) is 19.6 Å². The molecule has 2 aliphatic heterocycles. The Kier molecular flexibility index (Phi) is 3.39. The van der Waals surface area contributed by atoms with Crippen LogP contribution >= 0.6 is 0 Å². The number of aromatic nitrogens is 2. The number of piperidine rings is 1. The lowest BCUT2D eigenvalue weighted by Gasteiger charge is -2.36. The van der Waals surface area contributed by atoms with Crippen molar-refractivity contribution in [2.24, 2.45) is 0 Å². The van der Waals surface area contributed by atoms with Gasteiger partial charge in [-0.25, -0.2) is 0 Å². The molecule has 2 amide bonds. The highest BCUT2D eigenvalue weighted by molar-refractivity contribution is 5.92. The van der Waals surface area contributed by atoms with Gasteiger partial charge in [-0.05, 0) is 38.2 Å². The summed E-state index contributed by atoms with van der Waals surface area (Å²) in [5, 5.41) is 7.18. The molecule has 3 heterocycles. The molecule has 6 nitrogen and oxygen atoms in total. The highest BCUT2D eigenvalue weighted by Gasteiger charge is 2.33. The summed E-state index contributed by atoms with van der Waals surface area (Å²) in [5.74, 6) is 0.890. The monoisotopic (exact) mass is 302 g/mol. The first-order valence-corrected chi connectivity index (χ1v) is 8.36. The highest BCUT2D eigenvalue weighted by Crippen LogP contribution is 2.39. The number of nitrogens with one attached hydrogen (secondary N) is 1. The van der Waals surface area contributed by atoms with E-state index in [9.17, 15) is 9.59 Å². The van der Waals surface area contributed by atoms with Crippen LogP contribution in [0.2, 0.25) is 0 Å². The molecular weight excluding hydrogens is 280 g/mol. The predicted molar refractivity (Wildman–Crippen MR) is 80.4 cm³/mol. The number of rotatable bonds is 3. The van der Waals surface area contributed by atoms with E-state index in [4.69, 9.17) is 0 Å². The molecule has 0 aromatic carbocycles. The molecule has 1 aliphatic carbocycles. The van der Waals surface area contributed by atoms with Gasteiger partial charge in [-0.2, -0.15) is 5.10 Å². The van der Waals surface area contributed by atoms with Crippen molar-refractivity contribution in [2.45, 2.75) is 50.5 Å². The molecule has 6 heteroatoms. The van der Waals surface area contributed by atoms with Gasteiger partial charge in [0.15, 0.2) is 0 Å². The second-order valence-corrected chi connectivity index (χ2v) is 6.70. The van der Waals surface area contributed by atoms with E-state index in [1.807, 2.05) is 15.9 Å². The first kappa shape index (κ1) is 13.8. The molecule has 1 saturated carbocycles. The topological polar surface area (TPSA) is 69.3 Å². The minimum Gasteiger partial charge on any atom is -0.340 e. The van der Waals surface area contributed by atoms with E-state index in [0.717, 1.165) is 44.6 Å². The van der Waals surface area contributed by atoms with Crippen LogP contribution in [0.4, 0.5) is 0 Å². The lowest BCUT2D eigenvalue weighted by molar-refractivity contribution is -0.130. The molecule has 0 atom stereocenters. The number of nitrogens with zero attached hydrogens (tertiary/aromatic N) is 3. The zero-order valence-electron chi connectivity index (χ0n) is 12.8. The summed E-state index contributed by atoms with van der Waals surface area (Å²) in [4.78, 5) is 28.2. The summed E-state index contributed by atoms with van der Waals surface area (Å²) in [7, 11) is 0. The largest absolute Gasteiger partial charge is 0.340 e. The molecule has 0 spiro atoms. The molecule has 118 valence electrons. The van der Waals surface area contributed by atoms with E-state index in [0.29, 0.717) is 24.1 Å². The zero-order chi connectivity index (χ0) is 15.1. The number of hydrogen-bond donors (Lipinski definition) is 1. The van der Waals surface area contributed by atoms with E-state index in [2.05, 4.69) is 10.2 Å². The van der Waals surface area contributed by atoms with E-state index in [-0.39, 0.29) is 11.8 Å². The summed E-state index contributed by atoms with van der Waals surface area (Å²) in [6.45, 7) is 2.33. The Morgan fingerprint density at radius 2 is 1.95 bits per heavy atom. The average molecular weight is 302 g/mol. The lowest BCUT2D eigenvalue weighted by atomic mass is 10.0. The Hall–Kier alpha value is -1.85. The van der Waals surface area contributed by atoms with Gasteiger partial charge in [0.2, 0.25) is 5.91 Å². The van der Waals surface area contributed by atoms with Crippen molar-refractivity contribution < 1.29 is 9.59 Å². The number of carbonyl (C=O) groups is 2. The SMILES string of the molecule is O=C(c1cc(C2CC2)[nH]n1)N1CCC(N2CCCC2=O)CC1. The number of hydrogen-bond acceptors (Lipinski definition) is 3. The van der Waals surface area contributed by atoms with Crippen LogP contribution in [0.5, 0.6) is 0 Å². The van der Waals surface area contributed by atoms with Gasteiger partial charge in [-0.1, -0.05) is 0 Å². The van der Waals surface area contributed by atoms with E-state index < -0.39 is 0 Å². The molecule has 1 aromatic heterocycles. The molecule has 4 rings (SSSR count). The molecule has 1 aromatic rings. The molecule has 3 aliphatic rings. The Balaban J connectivity index is 1.36. The second-order valence-electron chi connectivity index (χ2n) is 6.70. The van der Waals surface area contributed by atoms with Crippen molar-refractivity contribution in [3.05, 3.63) is 17.5 Å². The molecule has 0 unspecified atom stereocenters. The van der Waals surface area contributed by atoms with Crippen molar-refractivity contribution in [1.29, 1.82) is 0 Å². The van der Waals surface area contributed by atoms with Gasteiger partial charge in [-0.3, -0.25) is 14.7 Å². The average Bonchev–Trinajstić information content (AvgIpc) is 3.12. The van der Waals surface area contributed by atoms with Crippen LogP contribution in [0, 0.1) is 0 Å². The fourth-order valence-electron chi connectivity index (χ4n) is 3.65. The maximum atomic E-state index is 12.5. The Labute approximate surface area is 129 Å². The number of amides is 2. The van der Waals surface area contributed by atoms with Crippen LogP contribution in [0.25, 0.3) is 0 Å². The maximum Gasteiger partial charge on any atom is 0.274 e. The normalized spacial score (nSPS) is 23.4. The maximum absolute atomic E-state index is 12.5. The molecule has 3 fully saturated rings.